The molecular weight excluding hydrogens is 378 g/mol. The molecule has 0 aliphatic rings. The number of pyridine rings is 1. The largest absolute Gasteiger partial charge is 0.330 e. The van der Waals surface area contributed by atoms with Gasteiger partial charge in [-0.3, -0.25) is 15.1 Å². The van der Waals surface area contributed by atoms with Crippen LogP contribution >= 0.6 is 34.3 Å². The highest BCUT2D eigenvalue weighted by molar-refractivity contribution is 7.22. The highest BCUT2D eigenvalue weighted by atomic mass is 35.5. The van der Waals surface area contributed by atoms with Crippen molar-refractivity contribution in [3.63, 3.8) is 0 Å². The number of hydrogen-bond acceptors (Lipinski definition) is 7. The van der Waals surface area contributed by atoms with E-state index in [0.717, 1.165) is 15.9 Å². The van der Waals surface area contributed by atoms with Crippen molar-refractivity contribution in [1.82, 2.24) is 15.0 Å². The van der Waals surface area contributed by atoms with Gasteiger partial charge in [0.1, 0.15) is 5.69 Å². The van der Waals surface area contributed by atoms with Crippen molar-refractivity contribution in [3.8, 4) is 0 Å². The van der Waals surface area contributed by atoms with Gasteiger partial charge < -0.3 is 5.32 Å². The van der Waals surface area contributed by atoms with Crippen LogP contribution in [0.25, 0.3) is 10.2 Å². The number of aromatic nitrogens is 3. The van der Waals surface area contributed by atoms with Crippen LogP contribution in [0.4, 0.5) is 16.0 Å². The van der Waals surface area contributed by atoms with Crippen molar-refractivity contribution >= 4 is 66.3 Å². The van der Waals surface area contributed by atoms with Gasteiger partial charge in [0, 0.05) is 16.6 Å². The molecule has 0 aliphatic heterocycles. The van der Waals surface area contributed by atoms with Gasteiger partial charge in [-0.05, 0) is 30.3 Å². The van der Waals surface area contributed by atoms with Crippen LogP contribution in [-0.4, -0.2) is 20.9 Å². The summed E-state index contributed by atoms with van der Waals surface area (Å²) in [5.74, 6) is -0.305. The molecule has 0 fully saturated rings. The molecule has 0 bridgehead atoms. The Hall–Kier alpha value is -2.55. The molecule has 1 amide bonds. The smallest absolute Gasteiger partial charge is 0.276 e. The van der Waals surface area contributed by atoms with Gasteiger partial charge in [-0.1, -0.05) is 22.9 Å². The zero-order valence-corrected chi connectivity index (χ0v) is 15.0. The second-order valence-corrected chi connectivity index (χ2v) is 7.31. The summed E-state index contributed by atoms with van der Waals surface area (Å²) in [6.45, 7) is 0. The second kappa shape index (κ2) is 6.75. The molecule has 0 aliphatic carbocycles. The molecule has 25 heavy (non-hydrogen) atoms. The minimum Gasteiger partial charge on any atom is -0.330 e. The van der Waals surface area contributed by atoms with Gasteiger partial charge in [0.05, 0.1) is 22.1 Å². The Morgan fingerprint density at radius 1 is 1.16 bits per heavy atom. The first-order valence-corrected chi connectivity index (χ1v) is 9.25. The fourth-order valence-corrected chi connectivity index (χ4v) is 3.96. The average molecular weight is 388 g/mol. The summed E-state index contributed by atoms with van der Waals surface area (Å²) in [5, 5.41) is 9.34. The number of nitrogens with one attached hydrogen (secondary N) is 2. The van der Waals surface area contributed by atoms with E-state index in [2.05, 4.69) is 25.6 Å². The highest BCUT2D eigenvalue weighted by Crippen LogP contribution is 2.29. The van der Waals surface area contributed by atoms with Crippen molar-refractivity contribution < 1.29 is 4.79 Å². The summed E-state index contributed by atoms with van der Waals surface area (Å²) in [6.07, 6.45) is 3.38. The molecule has 4 aromatic rings. The van der Waals surface area contributed by atoms with Crippen molar-refractivity contribution in [1.29, 1.82) is 0 Å². The Bertz CT molecular complexity index is 1050. The minimum absolute atomic E-state index is 0.305. The topological polar surface area (TPSA) is 79.8 Å². The lowest BCUT2D eigenvalue weighted by Gasteiger charge is -2.00. The molecule has 0 saturated carbocycles. The number of carbonyl (C=O) groups is 1. The van der Waals surface area contributed by atoms with Crippen LogP contribution in [0.2, 0.25) is 5.02 Å². The number of nitrogens with zero attached hydrogens (tertiary/aromatic N) is 3. The van der Waals surface area contributed by atoms with E-state index in [4.69, 9.17) is 11.6 Å². The van der Waals surface area contributed by atoms with E-state index in [-0.39, 0.29) is 5.91 Å². The molecule has 1 aromatic carbocycles. The van der Waals surface area contributed by atoms with Crippen molar-refractivity contribution in [2.75, 3.05) is 10.6 Å². The van der Waals surface area contributed by atoms with E-state index < -0.39 is 0 Å². The van der Waals surface area contributed by atoms with E-state index in [1.807, 2.05) is 24.3 Å². The summed E-state index contributed by atoms with van der Waals surface area (Å²) in [5.41, 5.74) is 1.93. The van der Waals surface area contributed by atoms with Crippen molar-refractivity contribution in [2.24, 2.45) is 0 Å². The van der Waals surface area contributed by atoms with E-state index in [9.17, 15) is 4.79 Å². The summed E-state index contributed by atoms with van der Waals surface area (Å²) in [6, 6.07) is 9.11. The average Bonchev–Trinajstić information content (AvgIpc) is 3.22. The molecule has 0 radical (unpaired) electrons. The number of fused-ring (bicyclic) bond motifs is 1. The SMILES string of the molecule is O=C(Nc1nc2ccc(Cl)cc2s1)c1csc(Nc2cccnc2)n1. The lowest BCUT2D eigenvalue weighted by molar-refractivity contribution is 0.102. The molecule has 0 spiro atoms. The van der Waals surface area contributed by atoms with Crippen LogP contribution in [0, 0.1) is 0 Å². The van der Waals surface area contributed by atoms with E-state index >= 15 is 0 Å². The third-order valence-electron chi connectivity index (χ3n) is 3.22. The van der Waals surface area contributed by atoms with E-state index in [0.29, 0.717) is 21.0 Å². The normalized spacial score (nSPS) is 10.8. The maximum Gasteiger partial charge on any atom is 0.276 e. The molecular formula is C16H10ClN5OS2. The molecule has 3 heterocycles. The van der Waals surface area contributed by atoms with Crippen LogP contribution in [0.3, 0.4) is 0 Å². The molecule has 0 saturated heterocycles. The van der Waals surface area contributed by atoms with Crippen molar-refractivity contribution in [3.05, 3.63) is 58.8 Å². The Kier molecular flexibility index (Phi) is 4.31. The Balaban J connectivity index is 1.49. The summed E-state index contributed by atoms with van der Waals surface area (Å²) in [7, 11) is 0. The molecule has 4 rings (SSSR count). The monoisotopic (exact) mass is 387 g/mol. The minimum atomic E-state index is -0.305. The Labute approximate surface area is 155 Å². The number of benzene rings is 1. The lowest BCUT2D eigenvalue weighted by Crippen LogP contribution is -2.12. The predicted octanol–water partition coefficient (Wildman–Crippen LogP) is 4.80. The lowest BCUT2D eigenvalue weighted by atomic mass is 10.3. The first-order valence-electron chi connectivity index (χ1n) is 7.17. The predicted molar refractivity (Wildman–Crippen MR) is 102 cm³/mol. The molecule has 2 N–H and O–H groups in total. The maximum absolute atomic E-state index is 12.4. The molecule has 3 aromatic heterocycles. The first-order chi connectivity index (χ1) is 12.2. The van der Waals surface area contributed by atoms with Gasteiger partial charge in [-0.25, -0.2) is 9.97 Å². The number of rotatable bonds is 4. The highest BCUT2D eigenvalue weighted by Gasteiger charge is 2.14. The molecule has 6 nitrogen and oxygen atoms in total. The third-order valence-corrected chi connectivity index (χ3v) is 5.15. The zero-order chi connectivity index (χ0) is 17.2. The number of anilines is 3. The number of halogens is 1. The standard InChI is InChI=1S/C16H10ClN5OS2/c17-9-3-4-11-13(6-9)25-16(20-11)22-14(23)12-8-24-15(21-12)19-10-2-1-5-18-7-10/h1-8H,(H,19,21)(H,20,22,23). The van der Waals surface area contributed by atoms with Crippen molar-refractivity contribution in [2.45, 2.75) is 0 Å². The number of thiazole rings is 2. The van der Waals surface area contributed by atoms with Gasteiger partial charge in [-0.15, -0.1) is 11.3 Å². The third kappa shape index (κ3) is 3.60. The van der Waals surface area contributed by atoms with Gasteiger partial charge in [0.25, 0.3) is 5.91 Å². The van der Waals surface area contributed by atoms with Crippen LogP contribution in [-0.2, 0) is 0 Å². The Morgan fingerprint density at radius 2 is 2.08 bits per heavy atom. The fraction of sp³-hybridized carbons (Fsp3) is 0. The van der Waals surface area contributed by atoms with E-state index in [1.165, 1.54) is 22.7 Å². The zero-order valence-electron chi connectivity index (χ0n) is 12.6. The molecule has 9 heteroatoms. The van der Waals surface area contributed by atoms with Gasteiger partial charge in [-0.2, -0.15) is 0 Å². The summed E-state index contributed by atoms with van der Waals surface area (Å²) >= 11 is 8.68. The number of carbonyl (C=O) groups excluding carboxylic acids is 1. The molecule has 0 atom stereocenters. The van der Waals surface area contributed by atoms with Gasteiger partial charge in [0.15, 0.2) is 10.3 Å². The number of amides is 1. The Morgan fingerprint density at radius 3 is 2.92 bits per heavy atom. The van der Waals surface area contributed by atoms with Crippen LogP contribution < -0.4 is 10.6 Å². The fourth-order valence-electron chi connectivity index (χ4n) is 2.11. The number of hydrogen-bond donors (Lipinski definition) is 2. The van der Waals surface area contributed by atoms with Gasteiger partial charge >= 0.3 is 0 Å². The molecule has 0 unspecified atom stereocenters. The quantitative estimate of drug-likeness (QED) is 0.526. The maximum atomic E-state index is 12.4. The van der Waals surface area contributed by atoms with E-state index in [1.54, 1.807) is 23.8 Å². The van der Waals surface area contributed by atoms with Crippen LogP contribution in [0.5, 0.6) is 0 Å². The first kappa shape index (κ1) is 15.9. The van der Waals surface area contributed by atoms with Gasteiger partial charge in [0.2, 0.25) is 0 Å². The van der Waals surface area contributed by atoms with Crippen LogP contribution in [0.1, 0.15) is 10.5 Å². The summed E-state index contributed by atoms with van der Waals surface area (Å²) in [4.78, 5) is 25.0. The summed E-state index contributed by atoms with van der Waals surface area (Å²) < 4.78 is 0.917. The van der Waals surface area contributed by atoms with Crippen LogP contribution in [0.15, 0.2) is 48.1 Å². The molecule has 124 valence electrons. The second-order valence-electron chi connectivity index (χ2n) is 4.99.